The second kappa shape index (κ2) is 5.03. The Kier molecular flexibility index (Phi) is 3.03. The van der Waals surface area contributed by atoms with Crippen molar-refractivity contribution in [3.63, 3.8) is 0 Å². The van der Waals surface area contributed by atoms with Gasteiger partial charge >= 0.3 is 0 Å². The van der Waals surface area contributed by atoms with Crippen LogP contribution in [-0.2, 0) is 6.42 Å². The highest BCUT2D eigenvalue weighted by molar-refractivity contribution is 6.04. The summed E-state index contributed by atoms with van der Waals surface area (Å²) >= 11 is 0. The zero-order valence-electron chi connectivity index (χ0n) is 12.0. The molecule has 4 rings (SSSR count). The molecule has 2 nitrogen and oxygen atoms in total. The van der Waals surface area contributed by atoms with Crippen LogP contribution in [0.25, 0.3) is 0 Å². The third-order valence-corrected chi connectivity index (χ3v) is 4.86. The molecular formula is C19H19NO. The molecule has 1 fully saturated rings. The first-order valence-electron chi connectivity index (χ1n) is 7.80. The van der Waals surface area contributed by atoms with Gasteiger partial charge in [-0.1, -0.05) is 48.9 Å². The van der Waals surface area contributed by atoms with Crippen LogP contribution in [0.2, 0.25) is 0 Å². The number of nitrogens with one attached hydrogen (secondary N) is 1. The van der Waals surface area contributed by atoms with E-state index in [1.54, 1.807) is 0 Å². The number of anilines is 1. The van der Waals surface area contributed by atoms with Crippen LogP contribution in [0.4, 0.5) is 5.69 Å². The zero-order valence-corrected chi connectivity index (χ0v) is 12.0. The quantitative estimate of drug-likeness (QED) is 0.853. The molecule has 0 amide bonds. The molecule has 1 aliphatic carbocycles. The van der Waals surface area contributed by atoms with Crippen molar-refractivity contribution in [1.29, 1.82) is 0 Å². The number of Topliss-reactive ketones (excluding diaryl/α,β-unsaturated/α-hetero) is 1. The Morgan fingerprint density at radius 2 is 1.76 bits per heavy atom. The third kappa shape index (κ3) is 2.15. The fourth-order valence-corrected chi connectivity index (χ4v) is 3.44. The van der Waals surface area contributed by atoms with E-state index < -0.39 is 0 Å². The number of fused-ring (bicyclic) bond motifs is 1. The van der Waals surface area contributed by atoms with Crippen molar-refractivity contribution in [1.82, 2.24) is 0 Å². The number of hydrogen-bond acceptors (Lipinski definition) is 2. The Morgan fingerprint density at radius 3 is 2.52 bits per heavy atom. The highest BCUT2D eigenvalue weighted by Gasteiger charge is 2.30. The summed E-state index contributed by atoms with van der Waals surface area (Å²) in [4.78, 5) is 12.9. The first-order chi connectivity index (χ1) is 10.3. The van der Waals surface area contributed by atoms with Gasteiger partial charge < -0.3 is 5.32 Å². The van der Waals surface area contributed by atoms with Gasteiger partial charge in [-0.05, 0) is 36.0 Å². The molecule has 0 radical (unpaired) electrons. The summed E-state index contributed by atoms with van der Waals surface area (Å²) in [7, 11) is 0. The minimum Gasteiger partial charge on any atom is -0.374 e. The number of rotatable bonds is 3. The van der Waals surface area contributed by atoms with E-state index in [1.165, 1.54) is 30.4 Å². The SMILES string of the molecule is O=C(c1ccccc1C1CCC1)C1Cc2ccccc2N1. The van der Waals surface area contributed by atoms with Crippen molar-refractivity contribution in [2.45, 2.75) is 37.6 Å². The first-order valence-corrected chi connectivity index (χ1v) is 7.80. The van der Waals surface area contributed by atoms with E-state index in [2.05, 4.69) is 29.6 Å². The zero-order chi connectivity index (χ0) is 14.2. The molecule has 0 saturated heterocycles. The number of carbonyl (C=O) groups is 1. The van der Waals surface area contributed by atoms with Crippen LogP contribution in [0.15, 0.2) is 48.5 Å². The molecule has 2 aromatic carbocycles. The van der Waals surface area contributed by atoms with Crippen molar-refractivity contribution in [2.75, 3.05) is 5.32 Å². The minimum atomic E-state index is -0.108. The lowest BCUT2D eigenvalue weighted by molar-refractivity contribution is 0.0969. The smallest absolute Gasteiger partial charge is 0.185 e. The molecule has 0 bridgehead atoms. The standard InChI is InChI=1S/C19H19NO/c21-19(18-12-14-6-1-4-11-17(14)20-18)16-10-3-2-9-15(16)13-7-5-8-13/h1-4,6,9-11,13,18,20H,5,7-8,12H2. The van der Waals surface area contributed by atoms with Gasteiger partial charge in [0.05, 0.1) is 6.04 Å². The molecule has 1 saturated carbocycles. The molecule has 0 aromatic heterocycles. The van der Waals surface area contributed by atoms with Crippen molar-refractivity contribution >= 4 is 11.5 Å². The van der Waals surface area contributed by atoms with E-state index in [0.717, 1.165) is 17.7 Å². The summed E-state index contributed by atoms with van der Waals surface area (Å²) in [6.45, 7) is 0. The average molecular weight is 277 g/mol. The predicted octanol–water partition coefficient (Wildman–Crippen LogP) is 4.17. The highest BCUT2D eigenvalue weighted by atomic mass is 16.1. The van der Waals surface area contributed by atoms with Crippen molar-refractivity contribution in [3.05, 3.63) is 65.2 Å². The van der Waals surface area contributed by atoms with Gasteiger partial charge in [0.15, 0.2) is 5.78 Å². The Hall–Kier alpha value is -2.09. The summed E-state index contributed by atoms with van der Waals surface area (Å²) in [6, 6.07) is 16.3. The molecule has 1 unspecified atom stereocenters. The van der Waals surface area contributed by atoms with Gasteiger partial charge in [-0.25, -0.2) is 0 Å². The minimum absolute atomic E-state index is 0.108. The highest BCUT2D eigenvalue weighted by Crippen LogP contribution is 2.38. The second-order valence-corrected chi connectivity index (χ2v) is 6.14. The van der Waals surface area contributed by atoms with Crippen molar-refractivity contribution in [3.8, 4) is 0 Å². The third-order valence-electron chi connectivity index (χ3n) is 4.86. The second-order valence-electron chi connectivity index (χ2n) is 6.14. The molecule has 2 aliphatic rings. The van der Waals surface area contributed by atoms with Gasteiger partial charge in [0.25, 0.3) is 0 Å². The van der Waals surface area contributed by atoms with Crippen LogP contribution in [0.5, 0.6) is 0 Å². The topological polar surface area (TPSA) is 29.1 Å². The fourth-order valence-electron chi connectivity index (χ4n) is 3.44. The molecular weight excluding hydrogens is 258 g/mol. The number of para-hydroxylation sites is 1. The number of carbonyl (C=O) groups excluding carboxylic acids is 1. The normalized spacial score (nSPS) is 20.5. The monoisotopic (exact) mass is 277 g/mol. The molecule has 0 spiro atoms. The van der Waals surface area contributed by atoms with Crippen LogP contribution in [0, 0.1) is 0 Å². The van der Waals surface area contributed by atoms with E-state index in [-0.39, 0.29) is 11.8 Å². The van der Waals surface area contributed by atoms with E-state index in [0.29, 0.717) is 5.92 Å². The number of ketones is 1. The summed E-state index contributed by atoms with van der Waals surface area (Å²) in [5, 5.41) is 3.39. The Morgan fingerprint density at radius 1 is 1.00 bits per heavy atom. The molecule has 1 atom stereocenters. The van der Waals surface area contributed by atoms with Crippen LogP contribution < -0.4 is 5.32 Å². The molecule has 106 valence electrons. The Labute approximate surface area is 125 Å². The van der Waals surface area contributed by atoms with Gasteiger partial charge in [-0.2, -0.15) is 0 Å². The lowest BCUT2D eigenvalue weighted by atomic mass is 9.77. The van der Waals surface area contributed by atoms with Crippen LogP contribution in [-0.4, -0.2) is 11.8 Å². The van der Waals surface area contributed by atoms with Crippen LogP contribution in [0.3, 0.4) is 0 Å². The number of hydrogen-bond donors (Lipinski definition) is 1. The summed E-state index contributed by atoms with van der Waals surface area (Å²) in [6.07, 6.45) is 4.54. The maximum atomic E-state index is 12.9. The van der Waals surface area contributed by atoms with Crippen LogP contribution in [0.1, 0.15) is 46.7 Å². The van der Waals surface area contributed by atoms with Gasteiger partial charge in [0, 0.05) is 17.7 Å². The van der Waals surface area contributed by atoms with E-state index >= 15 is 0 Å². The predicted molar refractivity (Wildman–Crippen MR) is 84.9 cm³/mol. The Balaban J connectivity index is 1.62. The fraction of sp³-hybridized carbons (Fsp3) is 0.316. The van der Waals surface area contributed by atoms with Gasteiger partial charge in [0.1, 0.15) is 0 Å². The average Bonchev–Trinajstić information content (AvgIpc) is 2.89. The summed E-state index contributed by atoms with van der Waals surface area (Å²) in [5.74, 6) is 0.836. The molecule has 2 aromatic rings. The van der Waals surface area contributed by atoms with Crippen molar-refractivity contribution in [2.24, 2.45) is 0 Å². The maximum Gasteiger partial charge on any atom is 0.185 e. The maximum absolute atomic E-state index is 12.9. The Bertz CT molecular complexity index is 662. The first kappa shape index (κ1) is 12.6. The molecule has 2 heteroatoms. The summed E-state index contributed by atoms with van der Waals surface area (Å²) in [5.41, 5.74) is 4.54. The molecule has 1 N–H and O–H groups in total. The van der Waals surface area contributed by atoms with Gasteiger partial charge in [-0.3, -0.25) is 4.79 Å². The molecule has 1 heterocycles. The van der Waals surface area contributed by atoms with Gasteiger partial charge in [0.2, 0.25) is 0 Å². The summed E-state index contributed by atoms with van der Waals surface area (Å²) < 4.78 is 0. The van der Waals surface area contributed by atoms with E-state index in [1.807, 2.05) is 24.3 Å². The van der Waals surface area contributed by atoms with E-state index in [4.69, 9.17) is 0 Å². The largest absolute Gasteiger partial charge is 0.374 e. The van der Waals surface area contributed by atoms with Crippen molar-refractivity contribution < 1.29 is 4.79 Å². The lowest BCUT2D eigenvalue weighted by Crippen LogP contribution is -2.28. The lowest BCUT2D eigenvalue weighted by Gasteiger charge is -2.28. The molecule has 1 aliphatic heterocycles. The van der Waals surface area contributed by atoms with Crippen LogP contribution >= 0.6 is 0 Å². The van der Waals surface area contributed by atoms with Gasteiger partial charge in [-0.15, -0.1) is 0 Å². The van der Waals surface area contributed by atoms with E-state index in [9.17, 15) is 4.79 Å². The molecule has 21 heavy (non-hydrogen) atoms. The number of benzene rings is 2.